The first kappa shape index (κ1) is 15.3. The van der Waals surface area contributed by atoms with Gasteiger partial charge in [-0.1, -0.05) is 37.3 Å². The zero-order chi connectivity index (χ0) is 14.9. The zero-order valence-electron chi connectivity index (χ0n) is 12.4. The van der Waals surface area contributed by atoms with E-state index in [-0.39, 0.29) is 0 Å². The van der Waals surface area contributed by atoms with Gasteiger partial charge in [0.25, 0.3) is 0 Å². The predicted octanol–water partition coefficient (Wildman–Crippen LogP) is 3.40. The number of aldehydes is 1. The highest BCUT2D eigenvalue weighted by Crippen LogP contribution is 2.11. The summed E-state index contributed by atoms with van der Waals surface area (Å²) in [6.07, 6.45) is 0.836. The van der Waals surface area contributed by atoms with Crippen LogP contribution in [0.3, 0.4) is 0 Å². The highest BCUT2D eigenvalue weighted by molar-refractivity contribution is 5.74. The van der Waals surface area contributed by atoms with Crippen LogP contribution >= 0.6 is 0 Å². The Morgan fingerprint density at radius 3 is 2.38 bits per heavy atom. The maximum atomic E-state index is 10.6. The molecule has 0 atom stereocenters. The van der Waals surface area contributed by atoms with Gasteiger partial charge in [0.1, 0.15) is 18.6 Å². The van der Waals surface area contributed by atoms with Crippen molar-refractivity contribution in [1.29, 1.82) is 0 Å². The molecule has 0 saturated carbocycles. The summed E-state index contributed by atoms with van der Waals surface area (Å²) in [4.78, 5) is 12.9. The number of hydrogen-bond acceptors (Lipinski definition) is 3. The zero-order valence-corrected chi connectivity index (χ0v) is 12.4. The maximum absolute atomic E-state index is 10.6. The van der Waals surface area contributed by atoms with Crippen molar-refractivity contribution in [3.8, 4) is 5.75 Å². The summed E-state index contributed by atoms with van der Waals surface area (Å²) in [5, 5.41) is 0. The number of ether oxygens (including phenoxy) is 1. The third-order valence-electron chi connectivity index (χ3n) is 3.39. The first-order valence-corrected chi connectivity index (χ1v) is 7.26. The van der Waals surface area contributed by atoms with Crippen molar-refractivity contribution in [3.63, 3.8) is 0 Å². The average Bonchev–Trinajstić information content (AvgIpc) is 2.55. The molecule has 0 aliphatic carbocycles. The number of likely N-dealkylation sites (N-methyl/N-ethyl adjacent to an activating group) is 1. The Hall–Kier alpha value is -2.13. The van der Waals surface area contributed by atoms with Crippen LogP contribution in [0.5, 0.6) is 5.75 Å². The van der Waals surface area contributed by atoms with Gasteiger partial charge in [-0.15, -0.1) is 0 Å². The van der Waals surface area contributed by atoms with Crippen molar-refractivity contribution < 1.29 is 9.53 Å². The lowest BCUT2D eigenvalue weighted by Crippen LogP contribution is -2.27. The molecule has 0 radical (unpaired) electrons. The van der Waals surface area contributed by atoms with Gasteiger partial charge in [0.05, 0.1) is 0 Å². The fraction of sp³-hybridized carbons (Fsp3) is 0.278. The molecule has 0 unspecified atom stereocenters. The van der Waals surface area contributed by atoms with Crippen LogP contribution < -0.4 is 4.74 Å². The Bertz CT molecular complexity index is 537. The van der Waals surface area contributed by atoms with Crippen molar-refractivity contribution in [2.45, 2.75) is 13.5 Å². The smallest absolute Gasteiger partial charge is 0.150 e. The molecule has 0 amide bonds. The molecule has 2 aromatic rings. The van der Waals surface area contributed by atoms with Gasteiger partial charge >= 0.3 is 0 Å². The van der Waals surface area contributed by atoms with Gasteiger partial charge in [-0.25, -0.2) is 0 Å². The molecule has 2 rings (SSSR count). The topological polar surface area (TPSA) is 29.5 Å². The number of nitrogens with zero attached hydrogens (tertiary/aromatic N) is 1. The number of rotatable bonds is 8. The summed E-state index contributed by atoms with van der Waals surface area (Å²) in [6.45, 7) is 5.59. The Morgan fingerprint density at radius 1 is 1.05 bits per heavy atom. The molecule has 0 fully saturated rings. The number of hydrogen-bond donors (Lipinski definition) is 0. The second kappa shape index (κ2) is 8.22. The van der Waals surface area contributed by atoms with E-state index in [0.717, 1.165) is 31.7 Å². The fourth-order valence-corrected chi connectivity index (χ4v) is 2.13. The molecular weight excluding hydrogens is 262 g/mol. The molecule has 0 spiro atoms. The summed E-state index contributed by atoms with van der Waals surface area (Å²) in [6, 6.07) is 17.6. The normalized spacial score (nSPS) is 10.6. The summed E-state index contributed by atoms with van der Waals surface area (Å²) in [7, 11) is 0. The first-order valence-electron chi connectivity index (χ1n) is 7.26. The minimum Gasteiger partial charge on any atom is -0.492 e. The fourth-order valence-electron chi connectivity index (χ4n) is 2.13. The second-order valence-electron chi connectivity index (χ2n) is 4.89. The molecule has 3 nitrogen and oxygen atoms in total. The third-order valence-corrected chi connectivity index (χ3v) is 3.39. The average molecular weight is 283 g/mol. The largest absolute Gasteiger partial charge is 0.492 e. The monoisotopic (exact) mass is 283 g/mol. The highest BCUT2D eigenvalue weighted by atomic mass is 16.5. The standard InChI is InChI=1S/C18H21NO2/c1-2-19(14-16-6-4-3-5-7-16)12-13-21-18-10-8-17(15-20)9-11-18/h3-11,15H,2,12-14H2,1H3. The molecule has 2 aromatic carbocycles. The Kier molecular flexibility index (Phi) is 5.98. The van der Waals surface area contributed by atoms with Crippen LogP contribution in [0, 0.1) is 0 Å². The summed E-state index contributed by atoms with van der Waals surface area (Å²) in [5.41, 5.74) is 1.98. The van der Waals surface area contributed by atoms with Crippen LogP contribution in [0.25, 0.3) is 0 Å². The molecule has 0 N–H and O–H groups in total. The van der Waals surface area contributed by atoms with E-state index in [1.807, 2.05) is 18.2 Å². The lowest BCUT2D eigenvalue weighted by molar-refractivity contribution is 0.112. The van der Waals surface area contributed by atoms with Crippen molar-refractivity contribution in [2.24, 2.45) is 0 Å². The molecular formula is C18H21NO2. The van der Waals surface area contributed by atoms with Crippen LogP contribution in [-0.2, 0) is 6.54 Å². The molecule has 0 heterocycles. The Labute approximate surface area is 126 Å². The molecule has 3 heteroatoms. The van der Waals surface area contributed by atoms with Crippen LogP contribution in [0.2, 0.25) is 0 Å². The van der Waals surface area contributed by atoms with Crippen LogP contribution in [0.15, 0.2) is 54.6 Å². The molecule has 21 heavy (non-hydrogen) atoms. The van der Waals surface area contributed by atoms with Gasteiger partial charge in [0.15, 0.2) is 0 Å². The summed E-state index contributed by atoms with van der Waals surface area (Å²) >= 11 is 0. The molecule has 110 valence electrons. The molecule has 0 aromatic heterocycles. The lowest BCUT2D eigenvalue weighted by atomic mass is 10.2. The Balaban J connectivity index is 1.78. The predicted molar refractivity (Wildman–Crippen MR) is 84.7 cm³/mol. The van der Waals surface area contributed by atoms with Crippen LogP contribution in [0.4, 0.5) is 0 Å². The molecule has 0 aliphatic heterocycles. The van der Waals surface area contributed by atoms with Gasteiger partial charge < -0.3 is 4.74 Å². The number of carbonyl (C=O) groups excluding carboxylic acids is 1. The first-order chi connectivity index (χ1) is 10.3. The lowest BCUT2D eigenvalue weighted by Gasteiger charge is -2.20. The Morgan fingerprint density at radius 2 is 1.76 bits per heavy atom. The number of carbonyl (C=O) groups is 1. The van der Waals surface area contributed by atoms with Crippen LogP contribution in [0.1, 0.15) is 22.8 Å². The van der Waals surface area contributed by atoms with Crippen LogP contribution in [-0.4, -0.2) is 30.9 Å². The van der Waals surface area contributed by atoms with Gasteiger partial charge in [0.2, 0.25) is 0 Å². The van der Waals surface area contributed by atoms with Crippen molar-refractivity contribution in [3.05, 3.63) is 65.7 Å². The van der Waals surface area contributed by atoms with Gasteiger partial charge in [-0.2, -0.15) is 0 Å². The van der Waals surface area contributed by atoms with E-state index < -0.39 is 0 Å². The molecule has 0 saturated heterocycles. The quantitative estimate of drug-likeness (QED) is 0.695. The van der Waals surface area contributed by atoms with E-state index in [2.05, 4.69) is 36.1 Å². The van der Waals surface area contributed by atoms with E-state index in [9.17, 15) is 4.79 Å². The van der Waals surface area contributed by atoms with Gasteiger partial charge in [-0.05, 0) is 36.4 Å². The summed E-state index contributed by atoms with van der Waals surface area (Å²) in [5.74, 6) is 0.802. The van der Waals surface area contributed by atoms with E-state index in [1.54, 1.807) is 12.1 Å². The number of benzene rings is 2. The molecule has 0 aliphatic rings. The third kappa shape index (κ3) is 5.04. The SMILES string of the molecule is CCN(CCOc1ccc(C=O)cc1)Cc1ccccc1. The van der Waals surface area contributed by atoms with Crippen molar-refractivity contribution >= 4 is 6.29 Å². The van der Waals surface area contributed by atoms with E-state index >= 15 is 0 Å². The van der Waals surface area contributed by atoms with Crippen molar-refractivity contribution in [1.82, 2.24) is 4.90 Å². The van der Waals surface area contributed by atoms with Gasteiger partial charge in [0, 0.05) is 18.7 Å². The minimum absolute atomic E-state index is 0.640. The highest BCUT2D eigenvalue weighted by Gasteiger charge is 2.04. The second-order valence-corrected chi connectivity index (χ2v) is 4.89. The van der Waals surface area contributed by atoms with E-state index in [0.29, 0.717) is 12.2 Å². The minimum atomic E-state index is 0.640. The van der Waals surface area contributed by atoms with Gasteiger partial charge in [-0.3, -0.25) is 9.69 Å². The van der Waals surface area contributed by atoms with Crippen molar-refractivity contribution in [2.75, 3.05) is 19.7 Å². The maximum Gasteiger partial charge on any atom is 0.150 e. The molecule has 0 bridgehead atoms. The summed E-state index contributed by atoms with van der Waals surface area (Å²) < 4.78 is 5.72. The van der Waals surface area contributed by atoms with E-state index in [1.165, 1.54) is 5.56 Å². The van der Waals surface area contributed by atoms with E-state index in [4.69, 9.17) is 4.74 Å².